The molecule has 1 aromatic rings. The SMILES string of the molecule is CN=C(NCC(=O)N(C)C)N1CCN(c2ccccn2)CC1.I. The zero-order valence-electron chi connectivity index (χ0n) is 13.9. The van der Waals surface area contributed by atoms with Gasteiger partial charge in [0.1, 0.15) is 5.82 Å². The van der Waals surface area contributed by atoms with Crippen LogP contribution in [0, 0.1) is 0 Å². The molecule has 0 radical (unpaired) electrons. The lowest BCUT2D eigenvalue weighted by atomic mass is 10.3. The molecule has 1 saturated heterocycles. The van der Waals surface area contributed by atoms with Crippen molar-refractivity contribution in [2.24, 2.45) is 4.99 Å². The molecule has 2 rings (SSSR count). The number of piperazine rings is 1. The highest BCUT2D eigenvalue weighted by Gasteiger charge is 2.20. The van der Waals surface area contributed by atoms with Gasteiger partial charge in [-0.05, 0) is 12.1 Å². The predicted octanol–water partition coefficient (Wildman–Crippen LogP) is 0.485. The van der Waals surface area contributed by atoms with Crippen molar-refractivity contribution in [2.45, 2.75) is 0 Å². The van der Waals surface area contributed by atoms with Crippen molar-refractivity contribution < 1.29 is 4.79 Å². The normalized spacial score (nSPS) is 15.0. The molecule has 1 fully saturated rings. The average molecular weight is 432 g/mol. The van der Waals surface area contributed by atoms with Crippen molar-refractivity contribution >= 4 is 41.7 Å². The van der Waals surface area contributed by atoms with E-state index in [0.717, 1.165) is 38.0 Å². The molecule has 1 aliphatic heterocycles. The lowest BCUT2D eigenvalue weighted by Crippen LogP contribution is -2.53. The van der Waals surface area contributed by atoms with E-state index in [1.807, 2.05) is 24.4 Å². The minimum absolute atomic E-state index is 0. The van der Waals surface area contributed by atoms with E-state index in [1.165, 1.54) is 0 Å². The molecule has 0 aromatic carbocycles. The molecule has 0 unspecified atom stereocenters. The molecule has 0 aliphatic carbocycles. The van der Waals surface area contributed by atoms with Crippen molar-refractivity contribution in [3.8, 4) is 0 Å². The average Bonchev–Trinajstić information content (AvgIpc) is 2.56. The molecule has 1 aromatic heterocycles. The number of carbonyl (C=O) groups is 1. The second-order valence-electron chi connectivity index (χ2n) is 5.35. The summed E-state index contributed by atoms with van der Waals surface area (Å²) in [5.41, 5.74) is 0. The van der Waals surface area contributed by atoms with Gasteiger partial charge in [0.15, 0.2) is 5.96 Å². The molecular weight excluding hydrogens is 407 g/mol. The number of hydrogen-bond donors (Lipinski definition) is 1. The van der Waals surface area contributed by atoms with Gasteiger partial charge in [0.05, 0.1) is 6.54 Å². The number of amides is 1. The van der Waals surface area contributed by atoms with Gasteiger partial charge in [-0.25, -0.2) is 4.98 Å². The number of pyridine rings is 1. The second kappa shape index (κ2) is 9.53. The number of halogens is 1. The lowest BCUT2D eigenvalue weighted by molar-refractivity contribution is -0.127. The van der Waals surface area contributed by atoms with Crippen LogP contribution < -0.4 is 10.2 Å². The van der Waals surface area contributed by atoms with Crippen molar-refractivity contribution in [3.63, 3.8) is 0 Å². The summed E-state index contributed by atoms with van der Waals surface area (Å²) in [4.78, 5) is 26.3. The molecule has 0 spiro atoms. The van der Waals surface area contributed by atoms with Crippen LogP contribution in [0.4, 0.5) is 5.82 Å². The van der Waals surface area contributed by atoms with Crippen LogP contribution in [0.5, 0.6) is 0 Å². The van der Waals surface area contributed by atoms with Gasteiger partial charge in [0, 0.05) is 53.5 Å². The molecule has 1 amide bonds. The van der Waals surface area contributed by atoms with Gasteiger partial charge in [-0.15, -0.1) is 24.0 Å². The van der Waals surface area contributed by atoms with E-state index >= 15 is 0 Å². The monoisotopic (exact) mass is 432 g/mol. The maximum absolute atomic E-state index is 11.7. The number of anilines is 1. The van der Waals surface area contributed by atoms with Crippen molar-refractivity contribution in [3.05, 3.63) is 24.4 Å². The van der Waals surface area contributed by atoms with E-state index in [4.69, 9.17) is 0 Å². The van der Waals surface area contributed by atoms with Gasteiger partial charge in [0.2, 0.25) is 5.91 Å². The zero-order valence-corrected chi connectivity index (χ0v) is 16.2. The number of hydrogen-bond acceptors (Lipinski definition) is 4. The Kier molecular flexibility index (Phi) is 8.07. The van der Waals surface area contributed by atoms with Crippen LogP contribution in [0.2, 0.25) is 0 Å². The van der Waals surface area contributed by atoms with Crippen LogP contribution in [0.3, 0.4) is 0 Å². The minimum Gasteiger partial charge on any atom is -0.353 e. The van der Waals surface area contributed by atoms with E-state index in [0.29, 0.717) is 0 Å². The third kappa shape index (κ3) is 5.52. The Labute approximate surface area is 154 Å². The predicted molar refractivity (Wildman–Crippen MR) is 103 cm³/mol. The van der Waals surface area contributed by atoms with E-state index < -0.39 is 0 Å². The number of rotatable bonds is 3. The summed E-state index contributed by atoms with van der Waals surface area (Å²) in [5, 5.41) is 3.13. The number of aromatic nitrogens is 1. The topological polar surface area (TPSA) is 64.1 Å². The van der Waals surface area contributed by atoms with Gasteiger partial charge >= 0.3 is 0 Å². The maximum Gasteiger partial charge on any atom is 0.241 e. The van der Waals surface area contributed by atoms with E-state index in [9.17, 15) is 4.79 Å². The molecule has 8 heteroatoms. The van der Waals surface area contributed by atoms with Crippen molar-refractivity contribution in [1.82, 2.24) is 20.1 Å². The summed E-state index contributed by atoms with van der Waals surface area (Å²) in [7, 11) is 5.24. The summed E-state index contributed by atoms with van der Waals surface area (Å²) >= 11 is 0. The number of aliphatic imine (C=N–C) groups is 1. The Bertz CT molecular complexity index is 514. The summed E-state index contributed by atoms with van der Waals surface area (Å²) in [6.07, 6.45) is 1.81. The number of nitrogens with zero attached hydrogens (tertiary/aromatic N) is 5. The van der Waals surface area contributed by atoms with Crippen LogP contribution in [0.25, 0.3) is 0 Å². The van der Waals surface area contributed by atoms with Crippen molar-refractivity contribution in [2.75, 3.05) is 58.8 Å². The Morgan fingerprint density at radius 2 is 2.00 bits per heavy atom. The third-order valence-electron chi connectivity index (χ3n) is 3.66. The summed E-state index contributed by atoms with van der Waals surface area (Å²) in [5.74, 6) is 1.82. The highest BCUT2D eigenvalue weighted by molar-refractivity contribution is 14.0. The lowest BCUT2D eigenvalue weighted by Gasteiger charge is -2.37. The van der Waals surface area contributed by atoms with E-state index in [2.05, 4.69) is 25.1 Å². The fourth-order valence-corrected chi connectivity index (χ4v) is 2.33. The number of likely N-dealkylation sites (N-methyl/N-ethyl adjacent to an activating group) is 1. The zero-order chi connectivity index (χ0) is 15.9. The summed E-state index contributed by atoms with van der Waals surface area (Å²) in [6.45, 7) is 3.75. The van der Waals surface area contributed by atoms with Crippen LogP contribution in [-0.2, 0) is 4.79 Å². The molecule has 0 saturated carbocycles. The molecule has 0 bridgehead atoms. The highest BCUT2D eigenvalue weighted by Crippen LogP contribution is 2.12. The molecule has 7 nitrogen and oxygen atoms in total. The van der Waals surface area contributed by atoms with Crippen LogP contribution in [-0.4, -0.2) is 80.5 Å². The Hall–Kier alpha value is -1.58. The summed E-state index contributed by atoms with van der Waals surface area (Å²) in [6, 6.07) is 5.95. The Balaban J connectivity index is 0.00000264. The fraction of sp³-hybridized carbons (Fsp3) is 0.533. The first-order valence-corrected chi connectivity index (χ1v) is 7.43. The summed E-state index contributed by atoms with van der Waals surface area (Å²) < 4.78 is 0. The largest absolute Gasteiger partial charge is 0.353 e. The first-order chi connectivity index (χ1) is 10.6. The number of guanidine groups is 1. The fourth-order valence-electron chi connectivity index (χ4n) is 2.33. The smallest absolute Gasteiger partial charge is 0.241 e. The molecule has 128 valence electrons. The van der Waals surface area contributed by atoms with Crippen LogP contribution in [0.1, 0.15) is 0 Å². The first-order valence-electron chi connectivity index (χ1n) is 7.43. The second-order valence-corrected chi connectivity index (χ2v) is 5.35. The van der Waals surface area contributed by atoms with Gasteiger partial charge in [-0.2, -0.15) is 0 Å². The van der Waals surface area contributed by atoms with Crippen LogP contribution >= 0.6 is 24.0 Å². The Morgan fingerprint density at radius 1 is 1.30 bits per heavy atom. The molecule has 2 heterocycles. The van der Waals surface area contributed by atoms with Gasteiger partial charge in [-0.1, -0.05) is 6.07 Å². The highest BCUT2D eigenvalue weighted by atomic mass is 127. The van der Waals surface area contributed by atoms with Gasteiger partial charge in [-0.3, -0.25) is 9.79 Å². The van der Waals surface area contributed by atoms with E-state index in [1.54, 1.807) is 26.0 Å². The molecule has 1 N–H and O–H groups in total. The van der Waals surface area contributed by atoms with Gasteiger partial charge < -0.3 is 20.0 Å². The number of nitrogens with one attached hydrogen (secondary N) is 1. The van der Waals surface area contributed by atoms with Crippen molar-refractivity contribution in [1.29, 1.82) is 0 Å². The quantitative estimate of drug-likeness (QED) is 0.428. The minimum atomic E-state index is 0. The Morgan fingerprint density at radius 3 is 2.52 bits per heavy atom. The van der Waals surface area contributed by atoms with E-state index in [-0.39, 0.29) is 36.4 Å². The molecular formula is C15H25IN6O. The van der Waals surface area contributed by atoms with Gasteiger partial charge in [0.25, 0.3) is 0 Å². The van der Waals surface area contributed by atoms with Crippen LogP contribution in [0.15, 0.2) is 29.4 Å². The molecule has 23 heavy (non-hydrogen) atoms. The third-order valence-corrected chi connectivity index (χ3v) is 3.66. The number of carbonyl (C=O) groups excluding carboxylic acids is 1. The first kappa shape index (κ1) is 19.5. The molecule has 0 atom stereocenters. The standard InChI is InChI=1S/C15H24N6O.HI/c1-16-15(18-12-14(22)19(2)3)21-10-8-20(9-11-21)13-6-4-5-7-17-13;/h4-7H,8-12H2,1-3H3,(H,16,18);1H. The maximum atomic E-state index is 11.7. The molecule has 1 aliphatic rings.